The average molecular weight is 125 g/mol. The van der Waals surface area contributed by atoms with Crippen LogP contribution in [0.1, 0.15) is 33.1 Å². The van der Waals surface area contributed by atoms with Crippen molar-refractivity contribution in [3.8, 4) is 0 Å². The molecule has 0 bridgehead atoms. The lowest BCUT2D eigenvalue weighted by atomic mass is 9.91. The Labute approximate surface area is 57.1 Å². The lowest BCUT2D eigenvalue weighted by Gasteiger charge is -2.20. The third-order valence-electron chi connectivity index (χ3n) is 1.93. The summed E-state index contributed by atoms with van der Waals surface area (Å²) in [7, 11) is 0. The van der Waals surface area contributed by atoms with Gasteiger partial charge in [0.1, 0.15) is 0 Å². The van der Waals surface area contributed by atoms with Gasteiger partial charge in [0.05, 0.1) is 0 Å². The molecule has 0 aliphatic heterocycles. The summed E-state index contributed by atoms with van der Waals surface area (Å²) in [5.74, 6) is 0. The number of rotatable bonds is 2. The Balaban J connectivity index is 2.36. The van der Waals surface area contributed by atoms with Crippen LogP contribution in [0.5, 0.6) is 0 Å². The minimum atomic E-state index is 1.06. The largest absolute Gasteiger partial charge is 0.389 e. The zero-order valence-electron chi connectivity index (χ0n) is 6.33. The maximum Gasteiger partial charge on any atom is 0.0115 e. The predicted octanol–water partition coefficient (Wildman–Crippen LogP) is 2.05. The molecule has 0 aromatic rings. The van der Waals surface area contributed by atoms with Crippen molar-refractivity contribution < 1.29 is 0 Å². The summed E-state index contributed by atoms with van der Waals surface area (Å²) < 4.78 is 0. The third kappa shape index (κ3) is 1.47. The van der Waals surface area contributed by atoms with Crippen LogP contribution in [-0.2, 0) is 0 Å². The van der Waals surface area contributed by atoms with Gasteiger partial charge in [0, 0.05) is 12.2 Å². The summed E-state index contributed by atoms with van der Waals surface area (Å²) in [6.45, 7) is 5.38. The van der Waals surface area contributed by atoms with Crippen molar-refractivity contribution in [2.24, 2.45) is 0 Å². The SMILES string of the molecule is CCNC(C)=C1CCC1. The van der Waals surface area contributed by atoms with Gasteiger partial charge in [-0.3, -0.25) is 0 Å². The van der Waals surface area contributed by atoms with Crippen molar-refractivity contribution in [2.45, 2.75) is 33.1 Å². The van der Waals surface area contributed by atoms with Crippen molar-refractivity contribution in [1.29, 1.82) is 0 Å². The molecule has 52 valence electrons. The van der Waals surface area contributed by atoms with Gasteiger partial charge in [-0.25, -0.2) is 0 Å². The van der Waals surface area contributed by atoms with Crippen molar-refractivity contribution in [1.82, 2.24) is 5.32 Å². The van der Waals surface area contributed by atoms with E-state index in [1.54, 1.807) is 5.57 Å². The number of nitrogens with one attached hydrogen (secondary N) is 1. The van der Waals surface area contributed by atoms with E-state index in [0.29, 0.717) is 0 Å². The zero-order chi connectivity index (χ0) is 6.69. The first-order chi connectivity index (χ1) is 4.34. The van der Waals surface area contributed by atoms with E-state index in [9.17, 15) is 0 Å². The van der Waals surface area contributed by atoms with Gasteiger partial charge in [0.25, 0.3) is 0 Å². The first-order valence-electron chi connectivity index (χ1n) is 3.77. The van der Waals surface area contributed by atoms with Crippen LogP contribution in [0.2, 0.25) is 0 Å². The smallest absolute Gasteiger partial charge is 0.0115 e. The first-order valence-corrected chi connectivity index (χ1v) is 3.77. The summed E-state index contributed by atoms with van der Waals surface area (Å²) in [5, 5.41) is 3.33. The minimum absolute atomic E-state index is 1.06. The van der Waals surface area contributed by atoms with E-state index in [1.807, 2.05) is 0 Å². The second-order valence-electron chi connectivity index (χ2n) is 2.61. The van der Waals surface area contributed by atoms with Crippen LogP contribution in [0.25, 0.3) is 0 Å². The second-order valence-corrected chi connectivity index (χ2v) is 2.61. The van der Waals surface area contributed by atoms with Crippen molar-refractivity contribution in [3.05, 3.63) is 11.3 Å². The highest BCUT2D eigenvalue weighted by Gasteiger charge is 2.10. The molecule has 1 N–H and O–H groups in total. The lowest BCUT2D eigenvalue weighted by molar-refractivity contribution is 0.631. The number of hydrogen-bond donors (Lipinski definition) is 1. The van der Waals surface area contributed by atoms with Gasteiger partial charge in [-0.05, 0) is 33.1 Å². The standard InChI is InChI=1S/C8H15N/c1-3-9-7(2)8-5-4-6-8/h9H,3-6H2,1-2H3. The maximum atomic E-state index is 3.33. The number of hydrogen-bond acceptors (Lipinski definition) is 1. The molecule has 0 saturated heterocycles. The van der Waals surface area contributed by atoms with Gasteiger partial charge in [0.15, 0.2) is 0 Å². The highest BCUT2D eigenvalue weighted by Crippen LogP contribution is 2.27. The van der Waals surface area contributed by atoms with E-state index >= 15 is 0 Å². The normalized spacial score (nSPS) is 16.9. The molecule has 0 unspecified atom stereocenters. The Kier molecular flexibility index (Phi) is 2.15. The molecule has 1 fully saturated rings. The zero-order valence-corrected chi connectivity index (χ0v) is 6.33. The Morgan fingerprint density at radius 3 is 2.56 bits per heavy atom. The predicted molar refractivity (Wildman–Crippen MR) is 40.2 cm³/mol. The monoisotopic (exact) mass is 125 g/mol. The molecule has 1 aliphatic carbocycles. The van der Waals surface area contributed by atoms with Crippen LogP contribution in [0.4, 0.5) is 0 Å². The molecule has 1 saturated carbocycles. The quantitative estimate of drug-likeness (QED) is 0.595. The Morgan fingerprint density at radius 1 is 1.56 bits per heavy atom. The summed E-state index contributed by atoms with van der Waals surface area (Å²) >= 11 is 0. The highest BCUT2D eigenvalue weighted by atomic mass is 14.9. The molecule has 0 heterocycles. The Morgan fingerprint density at radius 2 is 2.22 bits per heavy atom. The molecular formula is C8H15N. The Hall–Kier alpha value is -0.460. The molecule has 9 heavy (non-hydrogen) atoms. The van der Waals surface area contributed by atoms with Gasteiger partial charge in [-0.1, -0.05) is 5.57 Å². The lowest BCUT2D eigenvalue weighted by Crippen LogP contribution is -2.14. The van der Waals surface area contributed by atoms with Crippen LogP contribution in [0.15, 0.2) is 11.3 Å². The molecule has 0 aromatic carbocycles. The van der Waals surface area contributed by atoms with E-state index in [1.165, 1.54) is 25.0 Å². The molecule has 0 aromatic heterocycles. The second kappa shape index (κ2) is 2.90. The van der Waals surface area contributed by atoms with Crippen LogP contribution >= 0.6 is 0 Å². The van der Waals surface area contributed by atoms with Crippen LogP contribution < -0.4 is 5.32 Å². The molecular weight excluding hydrogens is 110 g/mol. The molecule has 0 radical (unpaired) electrons. The topological polar surface area (TPSA) is 12.0 Å². The Bertz CT molecular complexity index is 119. The summed E-state index contributed by atoms with van der Waals surface area (Å²) in [5.41, 5.74) is 3.06. The van der Waals surface area contributed by atoms with E-state index in [-0.39, 0.29) is 0 Å². The van der Waals surface area contributed by atoms with E-state index in [4.69, 9.17) is 0 Å². The van der Waals surface area contributed by atoms with Crippen molar-refractivity contribution in [2.75, 3.05) is 6.54 Å². The van der Waals surface area contributed by atoms with Crippen molar-refractivity contribution >= 4 is 0 Å². The maximum absolute atomic E-state index is 3.33. The van der Waals surface area contributed by atoms with Gasteiger partial charge in [-0.2, -0.15) is 0 Å². The minimum Gasteiger partial charge on any atom is -0.389 e. The van der Waals surface area contributed by atoms with Gasteiger partial charge >= 0.3 is 0 Å². The molecule has 0 spiro atoms. The fraction of sp³-hybridized carbons (Fsp3) is 0.750. The van der Waals surface area contributed by atoms with Crippen molar-refractivity contribution in [3.63, 3.8) is 0 Å². The third-order valence-corrected chi connectivity index (χ3v) is 1.93. The van der Waals surface area contributed by atoms with Gasteiger partial charge in [-0.15, -0.1) is 0 Å². The first kappa shape index (κ1) is 6.66. The molecule has 0 amide bonds. The van der Waals surface area contributed by atoms with E-state index in [2.05, 4.69) is 19.2 Å². The summed E-state index contributed by atoms with van der Waals surface area (Å²) in [4.78, 5) is 0. The van der Waals surface area contributed by atoms with Gasteiger partial charge in [0.2, 0.25) is 0 Å². The molecule has 1 heteroatoms. The highest BCUT2D eigenvalue weighted by molar-refractivity contribution is 5.15. The molecule has 1 nitrogen and oxygen atoms in total. The molecule has 0 atom stereocenters. The summed E-state index contributed by atoms with van der Waals surface area (Å²) in [6.07, 6.45) is 4.07. The molecule has 1 aliphatic rings. The van der Waals surface area contributed by atoms with Crippen LogP contribution in [0.3, 0.4) is 0 Å². The number of allylic oxidation sites excluding steroid dienone is 2. The van der Waals surface area contributed by atoms with E-state index in [0.717, 1.165) is 6.54 Å². The van der Waals surface area contributed by atoms with Crippen LogP contribution in [-0.4, -0.2) is 6.54 Å². The molecule has 1 rings (SSSR count). The van der Waals surface area contributed by atoms with E-state index < -0.39 is 0 Å². The fourth-order valence-corrected chi connectivity index (χ4v) is 1.12. The summed E-state index contributed by atoms with van der Waals surface area (Å²) in [6, 6.07) is 0. The van der Waals surface area contributed by atoms with Crippen LogP contribution in [0, 0.1) is 0 Å². The fourth-order valence-electron chi connectivity index (χ4n) is 1.12. The van der Waals surface area contributed by atoms with Gasteiger partial charge < -0.3 is 5.32 Å². The average Bonchev–Trinajstić information content (AvgIpc) is 1.60.